The van der Waals surface area contributed by atoms with E-state index in [0.717, 1.165) is 17.8 Å². The van der Waals surface area contributed by atoms with Crippen molar-refractivity contribution in [1.29, 1.82) is 0 Å². The fourth-order valence-corrected chi connectivity index (χ4v) is 4.29. The second-order valence-electron chi connectivity index (χ2n) is 4.91. The Kier molecular flexibility index (Phi) is 1.21. The maximum Gasteiger partial charge on any atom is 0.0477 e. The van der Waals surface area contributed by atoms with E-state index in [0.29, 0.717) is 0 Å². The van der Waals surface area contributed by atoms with Crippen LogP contribution < -0.4 is 0 Å². The minimum absolute atomic E-state index is 0.275. The Balaban J connectivity index is 1.99. The third kappa shape index (κ3) is 0.824. The van der Waals surface area contributed by atoms with Gasteiger partial charge in [0.05, 0.1) is 0 Å². The van der Waals surface area contributed by atoms with Crippen molar-refractivity contribution in [1.82, 2.24) is 0 Å². The second kappa shape index (κ2) is 1.96. The van der Waals surface area contributed by atoms with E-state index >= 15 is 0 Å². The number of hydrogen-bond donors (Lipinski definition) is 0. The number of hydrogen-bond acceptors (Lipinski definition) is 0. The molecule has 0 amide bonds. The summed E-state index contributed by atoms with van der Waals surface area (Å²) in [5.41, 5.74) is 0. The highest BCUT2D eigenvalue weighted by molar-refractivity contribution is 6.24. The van der Waals surface area contributed by atoms with Gasteiger partial charge in [0.15, 0.2) is 0 Å². The molecule has 3 aliphatic carbocycles. The quantitative estimate of drug-likeness (QED) is 0.490. The molecule has 0 radical (unpaired) electrons. The van der Waals surface area contributed by atoms with Crippen LogP contribution in [0, 0.1) is 17.8 Å². The van der Waals surface area contributed by atoms with Crippen LogP contribution in [0.3, 0.4) is 0 Å². The molecule has 3 rings (SSSR count). The molecular weight excluding hydrogens is 156 g/mol. The first-order valence-electron chi connectivity index (χ1n) is 4.95. The maximum atomic E-state index is 6.59. The first kappa shape index (κ1) is 6.77. The van der Waals surface area contributed by atoms with E-state index in [2.05, 4.69) is 0 Å². The maximum absolute atomic E-state index is 6.59. The topological polar surface area (TPSA) is 0 Å². The first-order valence-corrected chi connectivity index (χ1v) is 5.33. The van der Waals surface area contributed by atoms with Crippen molar-refractivity contribution < 1.29 is 0 Å². The largest absolute Gasteiger partial charge is 0.119 e. The number of rotatable bonds is 0. The smallest absolute Gasteiger partial charge is 0.0477 e. The van der Waals surface area contributed by atoms with Crippen LogP contribution in [0.1, 0.15) is 38.5 Å². The fourth-order valence-electron chi connectivity index (χ4n) is 3.79. The molecule has 11 heavy (non-hydrogen) atoms. The van der Waals surface area contributed by atoms with Gasteiger partial charge in [0, 0.05) is 4.87 Å². The molecule has 62 valence electrons. The Morgan fingerprint density at radius 3 is 2.82 bits per heavy atom. The lowest BCUT2D eigenvalue weighted by molar-refractivity contribution is 0.190. The summed E-state index contributed by atoms with van der Waals surface area (Å²) in [5.74, 6) is 2.98. The summed E-state index contributed by atoms with van der Waals surface area (Å²) in [6.07, 6.45) is 8.51. The van der Waals surface area contributed by atoms with Crippen LogP contribution in [-0.4, -0.2) is 4.87 Å². The zero-order valence-electron chi connectivity index (χ0n) is 6.85. The van der Waals surface area contributed by atoms with E-state index in [4.69, 9.17) is 11.6 Å². The van der Waals surface area contributed by atoms with Gasteiger partial charge in [-0.05, 0) is 56.3 Å². The third-order valence-electron chi connectivity index (χ3n) is 4.23. The van der Waals surface area contributed by atoms with Crippen LogP contribution in [0.15, 0.2) is 0 Å². The molecule has 0 spiro atoms. The van der Waals surface area contributed by atoms with E-state index in [1.165, 1.54) is 38.5 Å². The number of halogens is 1. The van der Waals surface area contributed by atoms with Gasteiger partial charge in [0.2, 0.25) is 0 Å². The van der Waals surface area contributed by atoms with Gasteiger partial charge in [0.1, 0.15) is 0 Å². The Bertz CT molecular complexity index is 187. The van der Waals surface area contributed by atoms with Crippen molar-refractivity contribution in [3.05, 3.63) is 0 Å². The molecule has 0 saturated heterocycles. The molecule has 0 aliphatic heterocycles. The van der Waals surface area contributed by atoms with Crippen molar-refractivity contribution in [3.8, 4) is 0 Å². The highest BCUT2D eigenvalue weighted by atomic mass is 35.5. The molecule has 0 N–H and O–H groups in total. The van der Waals surface area contributed by atoms with E-state index in [9.17, 15) is 0 Å². The number of fused-ring (bicyclic) bond motifs is 2. The van der Waals surface area contributed by atoms with Crippen LogP contribution >= 0.6 is 11.6 Å². The SMILES string of the molecule is ClC12CCC3CC(CC1C3)C2. The zero-order chi connectivity index (χ0) is 7.47. The highest BCUT2D eigenvalue weighted by Crippen LogP contribution is 2.60. The fraction of sp³-hybridized carbons (Fsp3) is 1.00. The van der Waals surface area contributed by atoms with Gasteiger partial charge in [-0.2, -0.15) is 0 Å². The Morgan fingerprint density at radius 1 is 1.09 bits per heavy atom. The lowest BCUT2D eigenvalue weighted by Crippen LogP contribution is -2.33. The van der Waals surface area contributed by atoms with Gasteiger partial charge < -0.3 is 0 Å². The van der Waals surface area contributed by atoms with Crippen molar-refractivity contribution in [2.45, 2.75) is 43.4 Å². The summed E-state index contributed by atoms with van der Waals surface area (Å²) in [6.45, 7) is 0. The predicted octanol–water partition coefficient (Wildman–Crippen LogP) is 3.19. The van der Waals surface area contributed by atoms with Gasteiger partial charge in [-0.25, -0.2) is 0 Å². The minimum Gasteiger partial charge on any atom is -0.119 e. The summed E-state index contributed by atoms with van der Waals surface area (Å²) in [4.78, 5) is 0.275. The van der Waals surface area contributed by atoms with Crippen molar-refractivity contribution >= 4 is 11.6 Å². The predicted molar refractivity (Wildman–Crippen MR) is 46.8 cm³/mol. The summed E-state index contributed by atoms with van der Waals surface area (Å²) >= 11 is 6.59. The first-order chi connectivity index (χ1) is 5.26. The van der Waals surface area contributed by atoms with Gasteiger partial charge in [-0.15, -0.1) is 11.6 Å². The van der Waals surface area contributed by atoms with Gasteiger partial charge in [-0.1, -0.05) is 0 Å². The van der Waals surface area contributed by atoms with Crippen molar-refractivity contribution in [2.24, 2.45) is 17.8 Å². The normalized spacial score (nSPS) is 60.3. The van der Waals surface area contributed by atoms with E-state index in [1.807, 2.05) is 0 Å². The minimum atomic E-state index is 0.275. The molecule has 0 aromatic rings. The van der Waals surface area contributed by atoms with E-state index in [1.54, 1.807) is 0 Å². The molecule has 3 fully saturated rings. The monoisotopic (exact) mass is 170 g/mol. The highest BCUT2D eigenvalue weighted by Gasteiger charge is 2.52. The van der Waals surface area contributed by atoms with Crippen molar-refractivity contribution in [3.63, 3.8) is 0 Å². The summed E-state index contributed by atoms with van der Waals surface area (Å²) in [6, 6.07) is 0. The lowest BCUT2D eigenvalue weighted by atomic mass is 9.72. The van der Waals surface area contributed by atoms with Crippen LogP contribution in [0.2, 0.25) is 0 Å². The second-order valence-corrected chi connectivity index (χ2v) is 5.67. The average Bonchev–Trinajstić information content (AvgIpc) is 2.11. The van der Waals surface area contributed by atoms with Gasteiger partial charge >= 0.3 is 0 Å². The van der Waals surface area contributed by atoms with Gasteiger partial charge in [0.25, 0.3) is 0 Å². The van der Waals surface area contributed by atoms with E-state index in [-0.39, 0.29) is 4.87 Å². The summed E-state index contributed by atoms with van der Waals surface area (Å²) in [5, 5.41) is 0. The Morgan fingerprint density at radius 2 is 1.91 bits per heavy atom. The van der Waals surface area contributed by atoms with Crippen LogP contribution in [0.5, 0.6) is 0 Å². The lowest BCUT2D eigenvalue weighted by Gasteiger charge is -2.38. The molecule has 0 heterocycles. The van der Waals surface area contributed by atoms with Crippen LogP contribution in [0.4, 0.5) is 0 Å². The molecule has 3 aliphatic rings. The number of alkyl halides is 1. The molecule has 3 bridgehead atoms. The summed E-state index contributed by atoms with van der Waals surface area (Å²) < 4.78 is 0. The molecule has 3 saturated carbocycles. The molecule has 0 nitrogen and oxygen atoms in total. The molecule has 0 aromatic heterocycles. The standard InChI is InChI=1S/C10H15Cl/c11-10-2-1-7-3-8(6-10)5-9(10)4-7/h7-9H,1-6H2. The molecule has 4 atom stereocenters. The Hall–Kier alpha value is 0.290. The van der Waals surface area contributed by atoms with Crippen LogP contribution in [0.25, 0.3) is 0 Å². The summed E-state index contributed by atoms with van der Waals surface area (Å²) in [7, 11) is 0. The Labute approximate surface area is 73.3 Å². The zero-order valence-corrected chi connectivity index (χ0v) is 7.61. The van der Waals surface area contributed by atoms with Gasteiger partial charge in [-0.3, -0.25) is 0 Å². The molecule has 4 unspecified atom stereocenters. The van der Waals surface area contributed by atoms with Crippen LogP contribution in [-0.2, 0) is 0 Å². The van der Waals surface area contributed by atoms with Crippen molar-refractivity contribution in [2.75, 3.05) is 0 Å². The molecule has 1 heteroatoms. The van der Waals surface area contributed by atoms with E-state index < -0.39 is 0 Å². The average molecular weight is 171 g/mol. The molecule has 0 aromatic carbocycles. The molecular formula is C10H15Cl. The third-order valence-corrected chi connectivity index (χ3v) is 4.88.